The molecule has 0 radical (unpaired) electrons. The van der Waals surface area contributed by atoms with Gasteiger partial charge in [-0.2, -0.15) is 10.4 Å². The zero-order chi connectivity index (χ0) is 21.5. The summed E-state index contributed by atoms with van der Waals surface area (Å²) in [7, 11) is 1.79. The Morgan fingerprint density at radius 1 is 1.10 bits per heavy atom. The molecule has 0 aliphatic carbocycles. The normalized spacial score (nSPS) is 15.3. The molecule has 0 bridgehead atoms. The Labute approximate surface area is 178 Å². The van der Waals surface area contributed by atoms with Crippen LogP contribution < -0.4 is 10.5 Å². The van der Waals surface area contributed by atoms with Crippen molar-refractivity contribution in [2.75, 3.05) is 0 Å². The van der Waals surface area contributed by atoms with Gasteiger partial charge < -0.3 is 15.0 Å². The first-order chi connectivity index (χ1) is 15.1. The minimum atomic E-state index is -0.419. The Kier molecular flexibility index (Phi) is 4.30. The first-order valence-corrected chi connectivity index (χ1v) is 9.74. The number of hydrogen-bond acceptors (Lipinski definition) is 6. The van der Waals surface area contributed by atoms with Crippen LogP contribution in [-0.2, 0) is 7.05 Å². The van der Waals surface area contributed by atoms with Crippen LogP contribution in [-0.4, -0.2) is 24.3 Å². The summed E-state index contributed by atoms with van der Waals surface area (Å²) in [5, 5.41) is 14.5. The van der Waals surface area contributed by atoms with Crippen LogP contribution in [0.1, 0.15) is 22.9 Å². The average molecular weight is 409 g/mol. The Morgan fingerprint density at radius 2 is 1.90 bits per heavy atom. The molecule has 0 saturated carbocycles. The number of pyridine rings is 1. The van der Waals surface area contributed by atoms with Crippen LogP contribution >= 0.6 is 0 Å². The molecule has 0 amide bonds. The lowest BCUT2D eigenvalue weighted by Gasteiger charge is -2.25. The Balaban J connectivity index is 1.68. The Hall–Kier alpha value is -4.38. The van der Waals surface area contributed by atoms with Gasteiger partial charge in [0.1, 0.15) is 23.2 Å². The summed E-state index contributed by atoms with van der Waals surface area (Å²) < 4.78 is 9.45. The summed E-state index contributed by atoms with van der Waals surface area (Å²) >= 11 is 0. The maximum Gasteiger partial charge on any atom is 0.224 e. The average Bonchev–Trinajstić information content (AvgIpc) is 3.37. The van der Waals surface area contributed by atoms with Crippen molar-refractivity contribution < 1.29 is 4.74 Å². The molecular formula is C23H19N7O. The SMILES string of the molecule is Cc1nccn1-c1ccc(C2C(C#N)=C(N)Oc3c2c(-c2ccccn2)nn3C)cc1. The highest BCUT2D eigenvalue weighted by Gasteiger charge is 2.37. The van der Waals surface area contributed by atoms with E-state index in [0.717, 1.165) is 22.6 Å². The van der Waals surface area contributed by atoms with Crippen molar-refractivity contribution in [3.8, 4) is 29.0 Å². The van der Waals surface area contributed by atoms with Gasteiger partial charge in [-0.15, -0.1) is 0 Å². The fraction of sp³-hybridized carbons (Fsp3) is 0.130. The van der Waals surface area contributed by atoms with E-state index >= 15 is 0 Å². The number of hydrogen-bond donors (Lipinski definition) is 1. The zero-order valence-electron chi connectivity index (χ0n) is 17.0. The monoisotopic (exact) mass is 409 g/mol. The number of rotatable bonds is 3. The minimum Gasteiger partial charge on any atom is -0.422 e. The molecule has 8 heteroatoms. The second kappa shape index (κ2) is 7.15. The molecule has 0 fully saturated rings. The van der Waals surface area contributed by atoms with E-state index in [1.54, 1.807) is 24.1 Å². The van der Waals surface area contributed by atoms with Gasteiger partial charge in [0.25, 0.3) is 0 Å². The van der Waals surface area contributed by atoms with E-state index in [1.165, 1.54) is 0 Å². The number of fused-ring (bicyclic) bond motifs is 1. The topological polar surface area (TPSA) is 108 Å². The van der Waals surface area contributed by atoms with Crippen LogP contribution in [0.15, 0.2) is 72.5 Å². The number of nitriles is 1. The number of imidazole rings is 1. The van der Waals surface area contributed by atoms with Crippen molar-refractivity contribution in [1.29, 1.82) is 5.26 Å². The molecule has 1 aliphatic heterocycles. The molecule has 8 nitrogen and oxygen atoms in total. The molecule has 4 aromatic rings. The third kappa shape index (κ3) is 2.95. The van der Waals surface area contributed by atoms with E-state index in [-0.39, 0.29) is 5.88 Å². The van der Waals surface area contributed by atoms with Crippen LogP contribution in [0.3, 0.4) is 0 Å². The second-order valence-electron chi connectivity index (χ2n) is 7.27. The predicted octanol–water partition coefficient (Wildman–Crippen LogP) is 3.19. The van der Waals surface area contributed by atoms with E-state index in [1.807, 2.05) is 60.2 Å². The van der Waals surface area contributed by atoms with Crippen molar-refractivity contribution in [2.45, 2.75) is 12.8 Å². The van der Waals surface area contributed by atoms with Crippen molar-refractivity contribution in [3.05, 3.63) is 89.5 Å². The van der Waals surface area contributed by atoms with Gasteiger partial charge in [0.2, 0.25) is 11.8 Å². The lowest BCUT2D eigenvalue weighted by molar-refractivity contribution is 0.358. The van der Waals surface area contributed by atoms with E-state index in [9.17, 15) is 5.26 Å². The quantitative estimate of drug-likeness (QED) is 0.557. The number of aromatic nitrogens is 5. The van der Waals surface area contributed by atoms with Crippen molar-refractivity contribution >= 4 is 0 Å². The molecule has 0 spiro atoms. The molecule has 4 heterocycles. The van der Waals surface area contributed by atoms with E-state index < -0.39 is 5.92 Å². The Morgan fingerprint density at radius 3 is 2.55 bits per heavy atom. The zero-order valence-corrected chi connectivity index (χ0v) is 17.0. The Bertz CT molecular complexity index is 1340. The van der Waals surface area contributed by atoms with E-state index in [2.05, 4.69) is 21.1 Å². The standard InChI is InChI=1S/C23H19N7O/c1-14-26-11-12-30(14)16-8-6-15(7-9-16)19-17(13-24)22(25)31-23-20(19)21(28-29(23)2)18-5-3-4-10-27-18/h3-12,19H,25H2,1-2H3. The fourth-order valence-corrected chi connectivity index (χ4v) is 3.98. The van der Waals surface area contributed by atoms with Gasteiger partial charge >= 0.3 is 0 Å². The molecule has 5 rings (SSSR count). The molecule has 2 N–H and O–H groups in total. The number of nitrogens with zero attached hydrogens (tertiary/aromatic N) is 6. The number of ether oxygens (including phenoxy) is 1. The van der Waals surface area contributed by atoms with Crippen LogP contribution in [0.2, 0.25) is 0 Å². The third-order valence-corrected chi connectivity index (χ3v) is 5.44. The van der Waals surface area contributed by atoms with Gasteiger partial charge in [0, 0.05) is 31.3 Å². The predicted molar refractivity (Wildman–Crippen MR) is 114 cm³/mol. The molecule has 31 heavy (non-hydrogen) atoms. The van der Waals surface area contributed by atoms with E-state index in [0.29, 0.717) is 22.8 Å². The highest BCUT2D eigenvalue weighted by Crippen LogP contribution is 2.46. The van der Waals surface area contributed by atoms with Crippen LogP contribution in [0.5, 0.6) is 5.88 Å². The van der Waals surface area contributed by atoms with Crippen LogP contribution in [0.25, 0.3) is 17.1 Å². The van der Waals surface area contributed by atoms with Gasteiger partial charge in [-0.1, -0.05) is 18.2 Å². The smallest absolute Gasteiger partial charge is 0.224 e. The first-order valence-electron chi connectivity index (χ1n) is 9.74. The summed E-state index contributed by atoms with van der Waals surface area (Å²) in [6.45, 7) is 1.95. The molecule has 1 aromatic carbocycles. The molecule has 0 saturated heterocycles. The summed E-state index contributed by atoms with van der Waals surface area (Å²) in [4.78, 5) is 8.73. The lowest BCUT2D eigenvalue weighted by Crippen LogP contribution is -2.22. The number of allylic oxidation sites excluding steroid dienone is 1. The van der Waals surface area contributed by atoms with Crippen molar-refractivity contribution in [3.63, 3.8) is 0 Å². The molecule has 1 unspecified atom stereocenters. The van der Waals surface area contributed by atoms with Crippen molar-refractivity contribution in [2.24, 2.45) is 12.8 Å². The summed E-state index contributed by atoms with van der Waals surface area (Å²) in [6, 6.07) is 15.9. The van der Waals surface area contributed by atoms with Crippen LogP contribution in [0, 0.1) is 18.3 Å². The summed E-state index contributed by atoms with van der Waals surface area (Å²) in [6.07, 6.45) is 5.39. The maximum absolute atomic E-state index is 9.91. The van der Waals surface area contributed by atoms with Gasteiger partial charge in [-0.05, 0) is 36.8 Å². The number of aryl methyl sites for hydroxylation is 2. The molecule has 152 valence electrons. The first kappa shape index (κ1) is 18.6. The molecule has 3 aromatic heterocycles. The third-order valence-electron chi connectivity index (χ3n) is 5.44. The van der Waals surface area contributed by atoms with Crippen molar-refractivity contribution in [1.82, 2.24) is 24.3 Å². The lowest BCUT2D eigenvalue weighted by atomic mass is 9.83. The minimum absolute atomic E-state index is 0.0881. The highest BCUT2D eigenvalue weighted by molar-refractivity contribution is 5.69. The van der Waals surface area contributed by atoms with Gasteiger partial charge in [-0.25, -0.2) is 9.67 Å². The molecular weight excluding hydrogens is 390 g/mol. The molecule has 1 aliphatic rings. The molecule has 1 atom stereocenters. The van der Waals surface area contributed by atoms with Crippen LogP contribution in [0.4, 0.5) is 0 Å². The van der Waals surface area contributed by atoms with E-state index in [4.69, 9.17) is 10.5 Å². The van der Waals surface area contributed by atoms with Gasteiger partial charge in [0.15, 0.2) is 0 Å². The number of benzene rings is 1. The second-order valence-corrected chi connectivity index (χ2v) is 7.27. The van der Waals surface area contributed by atoms with Gasteiger partial charge in [0.05, 0.1) is 17.2 Å². The summed E-state index contributed by atoms with van der Waals surface area (Å²) in [5.74, 6) is 1.08. The summed E-state index contributed by atoms with van der Waals surface area (Å²) in [5.41, 5.74) is 10.5. The largest absolute Gasteiger partial charge is 0.422 e. The fourth-order valence-electron chi connectivity index (χ4n) is 3.98. The highest BCUT2D eigenvalue weighted by atomic mass is 16.5. The van der Waals surface area contributed by atoms with Gasteiger partial charge in [-0.3, -0.25) is 4.98 Å². The number of nitrogens with two attached hydrogens (primary N) is 1. The maximum atomic E-state index is 9.91.